The number of likely N-dealkylation sites (tertiary alicyclic amines) is 1. The predicted molar refractivity (Wildman–Crippen MR) is 74.0 cm³/mol. The molecule has 0 aromatic carbocycles. The lowest BCUT2D eigenvalue weighted by molar-refractivity contribution is -0.139. The Labute approximate surface area is 121 Å². The minimum Gasteiger partial charge on any atom is -0.348 e. The van der Waals surface area contributed by atoms with E-state index < -0.39 is 0 Å². The molecule has 2 aromatic rings. The molecule has 3 rings (SSSR count). The van der Waals surface area contributed by atoms with Gasteiger partial charge < -0.3 is 9.97 Å². The number of amides is 2. The lowest BCUT2D eigenvalue weighted by Gasteiger charge is -2.14. The van der Waals surface area contributed by atoms with Crippen LogP contribution in [-0.2, 0) is 22.4 Å². The summed E-state index contributed by atoms with van der Waals surface area (Å²) in [6.45, 7) is 0.417. The van der Waals surface area contributed by atoms with Gasteiger partial charge in [0.1, 0.15) is 0 Å². The summed E-state index contributed by atoms with van der Waals surface area (Å²) in [5, 5.41) is 0. The van der Waals surface area contributed by atoms with E-state index in [9.17, 15) is 9.59 Å². The van der Waals surface area contributed by atoms with E-state index in [1.165, 1.54) is 4.90 Å². The smallest absolute Gasteiger partial charge is 0.232 e. The molecule has 3 heterocycles. The summed E-state index contributed by atoms with van der Waals surface area (Å²) in [6, 6.07) is 0. The fourth-order valence-electron chi connectivity index (χ4n) is 2.62. The van der Waals surface area contributed by atoms with Crippen LogP contribution in [0.2, 0.25) is 0 Å². The highest BCUT2D eigenvalue weighted by atomic mass is 16.2. The first-order chi connectivity index (χ1) is 10.2. The van der Waals surface area contributed by atoms with Crippen molar-refractivity contribution in [2.75, 3.05) is 6.54 Å². The number of hydrogen-bond acceptors (Lipinski definition) is 4. The van der Waals surface area contributed by atoms with Crippen LogP contribution in [0.5, 0.6) is 0 Å². The number of H-pyrrole nitrogens is 2. The topological polar surface area (TPSA) is 94.7 Å². The van der Waals surface area contributed by atoms with Crippen LogP contribution in [0.3, 0.4) is 0 Å². The van der Waals surface area contributed by atoms with E-state index in [0.29, 0.717) is 25.8 Å². The standard InChI is InChI=1S/C14H17N5O2/c20-13-5-10(1-2-11-6-15-8-17-11)14(21)19(13)4-3-12-7-16-9-18-12/h6-10H,1-5H2,(H,15,17)(H,16,18). The van der Waals surface area contributed by atoms with E-state index in [1.807, 2.05) is 0 Å². The van der Waals surface area contributed by atoms with Crippen molar-refractivity contribution >= 4 is 11.8 Å². The minimum atomic E-state index is -0.206. The van der Waals surface area contributed by atoms with Crippen molar-refractivity contribution in [2.24, 2.45) is 5.92 Å². The Bertz CT molecular complexity index is 605. The van der Waals surface area contributed by atoms with Crippen LogP contribution in [0.1, 0.15) is 24.2 Å². The molecule has 1 atom stereocenters. The van der Waals surface area contributed by atoms with E-state index in [0.717, 1.165) is 17.8 Å². The molecule has 110 valence electrons. The Morgan fingerprint density at radius 3 is 2.38 bits per heavy atom. The van der Waals surface area contributed by atoms with Gasteiger partial charge in [-0.2, -0.15) is 0 Å². The molecule has 2 aromatic heterocycles. The number of nitrogens with one attached hydrogen (secondary N) is 2. The maximum Gasteiger partial charge on any atom is 0.232 e. The molecule has 1 unspecified atom stereocenters. The molecule has 2 amide bonds. The number of rotatable bonds is 6. The Morgan fingerprint density at radius 1 is 1.10 bits per heavy atom. The van der Waals surface area contributed by atoms with E-state index in [1.54, 1.807) is 25.0 Å². The lowest BCUT2D eigenvalue weighted by atomic mass is 10.0. The Balaban J connectivity index is 1.54. The molecular formula is C14H17N5O2. The van der Waals surface area contributed by atoms with E-state index in [2.05, 4.69) is 19.9 Å². The zero-order valence-corrected chi connectivity index (χ0v) is 11.6. The summed E-state index contributed by atoms with van der Waals surface area (Å²) >= 11 is 0. The number of imide groups is 1. The van der Waals surface area contributed by atoms with Gasteiger partial charge in [0.15, 0.2) is 0 Å². The molecule has 1 aliphatic heterocycles. The van der Waals surface area contributed by atoms with Gasteiger partial charge in [0.2, 0.25) is 11.8 Å². The second-order valence-electron chi connectivity index (χ2n) is 5.23. The molecule has 0 spiro atoms. The molecule has 0 aliphatic carbocycles. The summed E-state index contributed by atoms with van der Waals surface area (Å²) in [5.41, 5.74) is 1.92. The number of nitrogens with zero attached hydrogens (tertiary/aromatic N) is 3. The monoisotopic (exact) mass is 287 g/mol. The van der Waals surface area contributed by atoms with E-state index in [4.69, 9.17) is 0 Å². The summed E-state index contributed by atoms with van der Waals surface area (Å²) < 4.78 is 0. The van der Waals surface area contributed by atoms with Crippen molar-refractivity contribution in [3.8, 4) is 0 Å². The molecule has 1 saturated heterocycles. The van der Waals surface area contributed by atoms with Crippen LogP contribution in [-0.4, -0.2) is 43.2 Å². The van der Waals surface area contributed by atoms with Gasteiger partial charge in [-0.15, -0.1) is 0 Å². The summed E-state index contributed by atoms with van der Waals surface area (Å²) in [5.74, 6) is -0.337. The molecule has 0 bridgehead atoms. The molecular weight excluding hydrogens is 270 g/mol. The maximum atomic E-state index is 12.3. The van der Waals surface area contributed by atoms with Gasteiger partial charge in [-0.25, -0.2) is 9.97 Å². The molecule has 0 saturated carbocycles. The summed E-state index contributed by atoms with van der Waals surface area (Å²) in [6.07, 6.45) is 9.01. The lowest BCUT2D eigenvalue weighted by Crippen LogP contribution is -2.32. The maximum absolute atomic E-state index is 12.3. The third-order valence-corrected chi connectivity index (χ3v) is 3.81. The van der Waals surface area contributed by atoms with Crippen LogP contribution < -0.4 is 0 Å². The average molecular weight is 287 g/mol. The first kappa shape index (κ1) is 13.5. The van der Waals surface area contributed by atoms with Crippen LogP contribution in [0.4, 0.5) is 0 Å². The van der Waals surface area contributed by atoms with Crippen molar-refractivity contribution in [1.29, 1.82) is 0 Å². The minimum absolute atomic E-state index is 0.0565. The quantitative estimate of drug-likeness (QED) is 0.764. The number of hydrogen-bond donors (Lipinski definition) is 2. The van der Waals surface area contributed by atoms with Crippen LogP contribution in [0.25, 0.3) is 0 Å². The Hall–Kier alpha value is -2.44. The molecule has 1 aliphatic rings. The summed E-state index contributed by atoms with van der Waals surface area (Å²) in [7, 11) is 0. The van der Waals surface area contributed by atoms with Crippen molar-refractivity contribution in [3.05, 3.63) is 36.4 Å². The number of aromatic amines is 2. The second-order valence-corrected chi connectivity index (χ2v) is 5.23. The van der Waals surface area contributed by atoms with Crippen LogP contribution in [0.15, 0.2) is 25.0 Å². The van der Waals surface area contributed by atoms with Crippen molar-refractivity contribution in [1.82, 2.24) is 24.8 Å². The second kappa shape index (κ2) is 5.90. The Kier molecular flexibility index (Phi) is 3.81. The van der Waals surface area contributed by atoms with E-state index >= 15 is 0 Å². The number of aryl methyl sites for hydroxylation is 1. The SMILES string of the molecule is O=C1CC(CCc2cnc[nH]2)C(=O)N1CCc1cnc[nH]1. The highest BCUT2D eigenvalue weighted by Gasteiger charge is 2.37. The molecule has 7 nitrogen and oxygen atoms in total. The molecule has 1 fully saturated rings. The van der Waals surface area contributed by atoms with Crippen molar-refractivity contribution in [2.45, 2.75) is 25.7 Å². The van der Waals surface area contributed by atoms with Crippen molar-refractivity contribution in [3.63, 3.8) is 0 Å². The average Bonchev–Trinajstić information content (AvgIpc) is 3.19. The normalized spacial score (nSPS) is 18.7. The fourth-order valence-corrected chi connectivity index (χ4v) is 2.62. The number of carbonyl (C=O) groups is 2. The van der Waals surface area contributed by atoms with Crippen LogP contribution in [0, 0.1) is 5.92 Å². The molecule has 0 radical (unpaired) electrons. The van der Waals surface area contributed by atoms with Crippen molar-refractivity contribution < 1.29 is 9.59 Å². The zero-order chi connectivity index (χ0) is 14.7. The molecule has 21 heavy (non-hydrogen) atoms. The van der Waals surface area contributed by atoms with Gasteiger partial charge in [-0.1, -0.05) is 0 Å². The first-order valence-electron chi connectivity index (χ1n) is 7.03. The largest absolute Gasteiger partial charge is 0.348 e. The van der Waals surface area contributed by atoms with Gasteiger partial charge in [-0.3, -0.25) is 14.5 Å². The zero-order valence-electron chi connectivity index (χ0n) is 11.6. The fraction of sp³-hybridized carbons (Fsp3) is 0.429. The van der Waals surface area contributed by atoms with Gasteiger partial charge in [0.25, 0.3) is 0 Å². The third kappa shape index (κ3) is 3.01. The predicted octanol–water partition coefficient (Wildman–Crippen LogP) is 0.683. The number of carbonyl (C=O) groups excluding carboxylic acids is 2. The van der Waals surface area contributed by atoms with E-state index in [-0.39, 0.29) is 17.7 Å². The Morgan fingerprint density at radius 2 is 1.76 bits per heavy atom. The number of aromatic nitrogens is 4. The third-order valence-electron chi connectivity index (χ3n) is 3.81. The first-order valence-corrected chi connectivity index (χ1v) is 7.03. The van der Waals surface area contributed by atoms with Gasteiger partial charge >= 0.3 is 0 Å². The number of imidazole rings is 2. The van der Waals surface area contributed by atoms with Gasteiger partial charge in [0.05, 0.1) is 12.7 Å². The van der Waals surface area contributed by atoms with Crippen LogP contribution >= 0.6 is 0 Å². The highest BCUT2D eigenvalue weighted by molar-refractivity contribution is 6.03. The highest BCUT2D eigenvalue weighted by Crippen LogP contribution is 2.24. The summed E-state index contributed by atoms with van der Waals surface area (Å²) in [4.78, 5) is 39.5. The molecule has 7 heteroatoms. The molecule has 2 N–H and O–H groups in total. The van der Waals surface area contributed by atoms with Gasteiger partial charge in [0, 0.05) is 49.1 Å². The van der Waals surface area contributed by atoms with Gasteiger partial charge in [-0.05, 0) is 12.8 Å².